The number of ether oxygens (including phenoxy) is 1. The van der Waals surface area contributed by atoms with Crippen LogP contribution in [-0.2, 0) is 4.74 Å². The second-order valence-electron chi connectivity index (χ2n) is 5.74. The fourth-order valence-electron chi connectivity index (χ4n) is 2.98. The van der Waals surface area contributed by atoms with Gasteiger partial charge in [-0.3, -0.25) is 4.90 Å². The molecule has 0 saturated heterocycles. The minimum atomic E-state index is 0.618. The van der Waals surface area contributed by atoms with Gasteiger partial charge in [0, 0.05) is 44.4 Å². The molecule has 3 heteroatoms. The summed E-state index contributed by atoms with van der Waals surface area (Å²) in [7, 11) is 1.79. The SMILES string of the molecule is CCC(C)N(CCOC)CC1CCNc2ccccc21. The number of nitrogens with zero attached hydrogens (tertiary/aromatic N) is 1. The first-order valence-corrected chi connectivity index (χ1v) is 7.82. The monoisotopic (exact) mass is 276 g/mol. The Morgan fingerprint density at radius 3 is 2.95 bits per heavy atom. The highest BCUT2D eigenvalue weighted by atomic mass is 16.5. The molecule has 0 aromatic heterocycles. The summed E-state index contributed by atoms with van der Waals surface area (Å²) in [6.45, 7) is 8.65. The van der Waals surface area contributed by atoms with E-state index in [9.17, 15) is 0 Å². The Balaban J connectivity index is 2.07. The molecular weight excluding hydrogens is 248 g/mol. The molecule has 0 saturated carbocycles. The standard InChI is InChI=1S/C17H28N2O/c1-4-14(2)19(11-12-20-3)13-15-9-10-18-17-8-6-5-7-16(15)17/h5-8,14-15,18H,4,9-13H2,1-3H3. The molecule has 1 aliphatic rings. The Kier molecular flexibility index (Phi) is 5.86. The molecule has 1 aliphatic heterocycles. The van der Waals surface area contributed by atoms with Gasteiger partial charge in [-0.05, 0) is 31.4 Å². The molecule has 20 heavy (non-hydrogen) atoms. The molecule has 1 N–H and O–H groups in total. The molecule has 0 bridgehead atoms. The highest BCUT2D eigenvalue weighted by molar-refractivity contribution is 5.54. The van der Waals surface area contributed by atoms with Crippen molar-refractivity contribution in [2.45, 2.75) is 38.6 Å². The van der Waals surface area contributed by atoms with Crippen LogP contribution in [0.4, 0.5) is 5.69 Å². The van der Waals surface area contributed by atoms with Crippen LogP contribution < -0.4 is 5.32 Å². The molecule has 0 aliphatic carbocycles. The number of para-hydroxylation sites is 1. The van der Waals surface area contributed by atoms with Gasteiger partial charge in [0.25, 0.3) is 0 Å². The molecule has 0 radical (unpaired) electrons. The predicted octanol–water partition coefficient (Wildman–Crippen LogP) is 3.33. The first-order chi connectivity index (χ1) is 9.76. The molecule has 112 valence electrons. The summed E-state index contributed by atoms with van der Waals surface area (Å²) >= 11 is 0. The third kappa shape index (κ3) is 3.74. The van der Waals surface area contributed by atoms with E-state index in [1.807, 2.05) is 0 Å². The van der Waals surface area contributed by atoms with Crippen LogP contribution in [0.3, 0.4) is 0 Å². The third-order valence-corrected chi connectivity index (χ3v) is 4.46. The fraction of sp³-hybridized carbons (Fsp3) is 0.647. The Bertz CT molecular complexity index is 408. The highest BCUT2D eigenvalue weighted by Crippen LogP contribution is 2.32. The van der Waals surface area contributed by atoms with Gasteiger partial charge in [-0.25, -0.2) is 0 Å². The Labute approximate surface area is 123 Å². The molecule has 3 nitrogen and oxygen atoms in total. The quantitative estimate of drug-likeness (QED) is 0.826. The summed E-state index contributed by atoms with van der Waals surface area (Å²) in [6, 6.07) is 9.36. The number of hydrogen-bond acceptors (Lipinski definition) is 3. The molecule has 2 atom stereocenters. The lowest BCUT2D eigenvalue weighted by atomic mass is 9.90. The van der Waals surface area contributed by atoms with Gasteiger partial charge in [0.1, 0.15) is 0 Å². The number of nitrogens with one attached hydrogen (secondary N) is 1. The van der Waals surface area contributed by atoms with Gasteiger partial charge < -0.3 is 10.1 Å². The van der Waals surface area contributed by atoms with E-state index in [1.165, 1.54) is 24.1 Å². The Morgan fingerprint density at radius 2 is 2.20 bits per heavy atom. The van der Waals surface area contributed by atoms with E-state index in [0.717, 1.165) is 26.2 Å². The van der Waals surface area contributed by atoms with Crippen LogP contribution in [0.15, 0.2) is 24.3 Å². The van der Waals surface area contributed by atoms with Crippen LogP contribution in [0.2, 0.25) is 0 Å². The first kappa shape index (κ1) is 15.3. The van der Waals surface area contributed by atoms with Crippen LogP contribution in [0.25, 0.3) is 0 Å². The zero-order chi connectivity index (χ0) is 14.4. The molecule has 1 aromatic rings. The number of rotatable bonds is 7. The zero-order valence-electron chi connectivity index (χ0n) is 13.1. The summed E-state index contributed by atoms with van der Waals surface area (Å²) in [5, 5.41) is 3.51. The smallest absolute Gasteiger partial charge is 0.0589 e. The minimum absolute atomic E-state index is 0.618. The minimum Gasteiger partial charge on any atom is -0.385 e. The van der Waals surface area contributed by atoms with Gasteiger partial charge in [-0.1, -0.05) is 25.1 Å². The second kappa shape index (κ2) is 7.65. The molecule has 0 spiro atoms. The van der Waals surface area contributed by atoms with Crippen LogP contribution in [0, 0.1) is 0 Å². The number of benzene rings is 1. The number of methoxy groups -OCH3 is 1. The van der Waals surface area contributed by atoms with Crippen LogP contribution in [0.5, 0.6) is 0 Å². The van der Waals surface area contributed by atoms with E-state index < -0.39 is 0 Å². The van der Waals surface area contributed by atoms with Crippen molar-refractivity contribution in [2.24, 2.45) is 0 Å². The van der Waals surface area contributed by atoms with Gasteiger partial charge in [-0.2, -0.15) is 0 Å². The van der Waals surface area contributed by atoms with Crippen molar-refractivity contribution in [3.05, 3.63) is 29.8 Å². The number of anilines is 1. The molecule has 0 amide bonds. The summed E-state index contributed by atoms with van der Waals surface area (Å²) in [4.78, 5) is 2.58. The molecule has 2 unspecified atom stereocenters. The summed E-state index contributed by atoms with van der Waals surface area (Å²) in [6.07, 6.45) is 2.41. The molecule has 0 fully saturated rings. The van der Waals surface area contributed by atoms with E-state index in [2.05, 4.69) is 48.3 Å². The van der Waals surface area contributed by atoms with Crippen molar-refractivity contribution in [3.63, 3.8) is 0 Å². The van der Waals surface area contributed by atoms with Crippen molar-refractivity contribution < 1.29 is 4.74 Å². The van der Waals surface area contributed by atoms with Crippen molar-refractivity contribution in [2.75, 3.05) is 38.7 Å². The zero-order valence-corrected chi connectivity index (χ0v) is 13.1. The number of fused-ring (bicyclic) bond motifs is 1. The predicted molar refractivity (Wildman–Crippen MR) is 85.5 cm³/mol. The molecule has 2 rings (SSSR count). The second-order valence-corrected chi connectivity index (χ2v) is 5.74. The van der Waals surface area contributed by atoms with E-state index in [1.54, 1.807) is 7.11 Å². The highest BCUT2D eigenvalue weighted by Gasteiger charge is 2.23. The summed E-state index contributed by atoms with van der Waals surface area (Å²) in [5.74, 6) is 0.637. The van der Waals surface area contributed by atoms with Crippen molar-refractivity contribution in [1.82, 2.24) is 4.90 Å². The maximum Gasteiger partial charge on any atom is 0.0589 e. The van der Waals surface area contributed by atoms with Crippen molar-refractivity contribution >= 4 is 5.69 Å². The maximum atomic E-state index is 5.27. The maximum absolute atomic E-state index is 5.27. The van der Waals surface area contributed by atoms with E-state index in [4.69, 9.17) is 4.74 Å². The van der Waals surface area contributed by atoms with Gasteiger partial charge in [0.05, 0.1) is 6.61 Å². The van der Waals surface area contributed by atoms with E-state index in [-0.39, 0.29) is 0 Å². The lowest BCUT2D eigenvalue weighted by Gasteiger charge is -2.35. The topological polar surface area (TPSA) is 24.5 Å². The normalized spacial score (nSPS) is 19.5. The lowest BCUT2D eigenvalue weighted by Crippen LogP contribution is -2.39. The molecule has 1 aromatic carbocycles. The average Bonchev–Trinajstić information content (AvgIpc) is 2.50. The molecule has 1 heterocycles. The first-order valence-electron chi connectivity index (χ1n) is 7.82. The fourth-order valence-corrected chi connectivity index (χ4v) is 2.98. The van der Waals surface area contributed by atoms with Crippen LogP contribution in [-0.4, -0.2) is 44.3 Å². The van der Waals surface area contributed by atoms with E-state index in [0.29, 0.717) is 12.0 Å². The van der Waals surface area contributed by atoms with Crippen molar-refractivity contribution in [1.29, 1.82) is 0 Å². The van der Waals surface area contributed by atoms with Gasteiger partial charge in [-0.15, -0.1) is 0 Å². The summed E-state index contributed by atoms with van der Waals surface area (Å²) < 4.78 is 5.27. The summed E-state index contributed by atoms with van der Waals surface area (Å²) in [5.41, 5.74) is 2.80. The average molecular weight is 276 g/mol. The van der Waals surface area contributed by atoms with Crippen LogP contribution >= 0.6 is 0 Å². The largest absolute Gasteiger partial charge is 0.385 e. The number of hydrogen-bond donors (Lipinski definition) is 1. The van der Waals surface area contributed by atoms with Crippen molar-refractivity contribution in [3.8, 4) is 0 Å². The van der Waals surface area contributed by atoms with Gasteiger partial charge in [0.2, 0.25) is 0 Å². The van der Waals surface area contributed by atoms with Gasteiger partial charge >= 0.3 is 0 Å². The van der Waals surface area contributed by atoms with E-state index >= 15 is 0 Å². The van der Waals surface area contributed by atoms with Crippen LogP contribution in [0.1, 0.15) is 38.2 Å². The third-order valence-electron chi connectivity index (χ3n) is 4.46. The van der Waals surface area contributed by atoms with Gasteiger partial charge in [0.15, 0.2) is 0 Å². The Hall–Kier alpha value is -1.06. The molecular formula is C17H28N2O. The lowest BCUT2D eigenvalue weighted by molar-refractivity contribution is 0.117. The Morgan fingerprint density at radius 1 is 1.40 bits per heavy atom.